The second kappa shape index (κ2) is 11.2. The molecule has 0 bridgehead atoms. The van der Waals surface area contributed by atoms with E-state index in [0.29, 0.717) is 34.2 Å². The van der Waals surface area contributed by atoms with Crippen molar-refractivity contribution in [3.05, 3.63) is 72.6 Å². The van der Waals surface area contributed by atoms with Crippen LogP contribution in [0.5, 0.6) is 11.5 Å². The standard InChI is InChI=1S/2C13H14F3N3O/c2*1-12(2,17)11-18-7-10(19-11)8-3-5-9(6-4-8)20-13(14,15)16/h2*3-7H,17H2,1-2H3,(H,18,19). The van der Waals surface area contributed by atoms with Crippen molar-refractivity contribution in [1.29, 1.82) is 0 Å². The second-order valence-electron chi connectivity index (χ2n) is 9.88. The van der Waals surface area contributed by atoms with Gasteiger partial charge in [0.05, 0.1) is 34.9 Å². The zero-order valence-electron chi connectivity index (χ0n) is 21.9. The molecule has 0 atom stereocenters. The third-order valence-electron chi connectivity index (χ3n) is 5.17. The van der Waals surface area contributed by atoms with Crippen molar-refractivity contribution in [3.63, 3.8) is 0 Å². The van der Waals surface area contributed by atoms with Crippen LogP contribution in [0, 0.1) is 0 Å². The summed E-state index contributed by atoms with van der Waals surface area (Å²) < 4.78 is 79.9. The number of nitrogens with one attached hydrogen (secondary N) is 2. The molecule has 216 valence electrons. The first-order valence-corrected chi connectivity index (χ1v) is 11.7. The average molecular weight is 571 g/mol. The van der Waals surface area contributed by atoms with Gasteiger partial charge in [0.2, 0.25) is 0 Å². The molecule has 4 aromatic rings. The molecule has 4 rings (SSSR count). The zero-order chi connectivity index (χ0) is 29.9. The average Bonchev–Trinajstić information content (AvgIpc) is 3.49. The lowest BCUT2D eigenvalue weighted by molar-refractivity contribution is -0.275. The summed E-state index contributed by atoms with van der Waals surface area (Å²) in [7, 11) is 0. The lowest BCUT2D eigenvalue weighted by Gasteiger charge is -2.14. The highest BCUT2D eigenvalue weighted by Gasteiger charge is 2.31. The second-order valence-corrected chi connectivity index (χ2v) is 9.88. The first kappa shape index (κ1) is 30.5. The number of imidazole rings is 2. The number of halogens is 6. The molecule has 0 saturated heterocycles. The minimum Gasteiger partial charge on any atom is -0.406 e. The van der Waals surface area contributed by atoms with Gasteiger partial charge in [0.15, 0.2) is 0 Å². The maximum atomic E-state index is 12.0. The van der Waals surface area contributed by atoms with E-state index in [-0.39, 0.29) is 11.5 Å². The molecular formula is C26H28F6N6O2. The predicted octanol–water partition coefficient (Wildman–Crippen LogP) is 6.34. The van der Waals surface area contributed by atoms with Crippen molar-refractivity contribution < 1.29 is 35.8 Å². The SMILES string of the molecule is CC(C)(N)c1ncc(-c2ccc(OC(F)(F)F)cc2)[nH]1.CC(C)(N)c1ncc(-c2ccc(OC(F)(F)F)cc2)[nH]1. The largest absolute Gasteiger partial charge is 0.573 e. The van der Waals surface area contributed by atoms with Gasteiger partial charge in [0, 0.05) is 0 Å². The summed E-state index contributed by atoms with van der Waals surface area (Å²) in [5.74, 6) is 0.673. The maximum Gasteiger partial charge on any atom is 0.573 e. The lowest BCUT2D eigenvalue weighted by Crippen LogP contribution is -2.30. The van der Waals surface area contributed by atoms with Crippen LogP contribution in [0.1, 0.15) is 39.3 Å². The molecule has 0 spiro atoms. The number of hydrogen-bond donors (Lipinski definition) is 4. The van der Waals surface area contributed by atoms with Gasteiger partial charge in [-0.2, -0.15) is 0 Å². The number of benzene rings is 2. The summed E-state index contributed by atoms with van der Waals surface area (Å²) in [6.45, 7) is 7.21. The minimum atomic E-state index is -4.69. The Morgan fingerprint density at radius 3 is 1.10 bits per heavy atom. The van der Waals surface area contributed by atoms with Crippen LogP contribution < -0.4 is 20.9 Å². The third-order valence-corrected chi connectivity index (χ3v) is 5.17. The molecule has 2 aromatic carbocycles. The van der Waals surface area contributed by atoms with Crippen LogP contribution in [0.3, 0.4) is 0 Å². The quantitative estimate of drug-likeness (QED) is 0.200. The first-order chi connectivity index (χ1) is 18.3. The fraction of sp³-hybridized carbons (Fsp3) is 0.308. The molecule has 2 heterocycles. The Morgan fingerprint density at radius 1 is 0.575 bits per heavy atom. The van der Waals surface area contributed by atoms with Crippen LogP contribution in [0.4, 0.5) is 26.3 Å². The van der Waals surface area contributed by atoms with Gasteiger partial charge < -0.3 is 30.9 Å². The van der Waals surface area contributed by atoms with Crippen LogP contribution in [-0.2, 0) is 11.1 Å². The van der Waals surface area contributed by atoms with E-state index in [1.807, 2.05) is 0 Å². The van der Waals surface area contributed by atoms with Crippen LogP contribution in [0.25, 0.3) is 22.5 Å². The number of aromatic amines is 2. The van der Waals surface area contributed by atoms with E-state index in [9.17, 15) is 26.3 Å². The Balaban J connectivity index is 0.000000220. The van der Waals surface area contributed by atoms with E-state index in [2.05, 4.69) is 29.4 Å². The summed E-state index contributed by atoms with van der Waals surface area (Å²) in [6.07, 6.45) is -6.20. The normalized spacial score (nSPS) is 12.5. The zero-order valence-corrected chi connectivity index (χ0v) is 21.9. The van der Waals surface area contributed by atoms with E-state index < -0.39 is 23.8 Å². The Bertz CT molecular complexity index is 1270. The Morgan fingerprint density at radius 2 is 0.875 bits per heavy atom. The number of H-pyrrole nitrogens is 2. The molecular weight excluding hydrogens is 542 g/mol. The number of hydrogen-bond acceptors (Lipinski definition) is 6. The van der Waals surface area contributed by atoms with Crippen LogP contribution in [-0.4, -0.2) is 32.7 Å². The van der Waals surface area contributed by atoms with Crippen LogP contribution in [0.15, 0.2) is 60.9 Å². The molecule has 0 saturated carbocycles. The van der Waals surface area contributed by atoms with Crippen molar-refractivity contribution in [2.75, 3.05) is 0 Å². The molecule has 0 amide bonds. The highest BCUT2D eigenvalue weighted by atomic mass is 19.4. The molecule has 40 heavy (non-hydrogen) atoms. The molecule has 0 aliphatic carbocycles. The fourth-order valence-corrected chi connectivity index (χ4v) is 3.26. The Labute approximate surface area is 225 Å². The number of alkyl halides is 6. The fourth-order valence-electron chi connectivity index (χ4n) is 3.26. The van der Waals surface area contributed by atoms with Crippen LogP contribution in [0.2, 0.25) is 0 Å². The molecule has 2 aromatic heterocycles. The van der Waals surface area contributed by atoms with Crippen molar-refractivity contribution in [2.24, 2.45) is 11.5 Å². The Kier molecular flexibility index (Phi) is 8.55. The van der Waals surface area contributed by atoms with Gasteiger partial charge in [-0.25, -0.2) is 9.97 Å². The number of nitrogens with two attached hydrogens (primary N) is 2. The molecule has 0 radical (unpaired) electrons. The number of rotatable bonds is 6. The van der Waals surface area contributed by atoms with Gasteiger partial charge in [-0.1, -0.05) is 0 Å². The van der Waals surface area contributed by atoms with E-state index >= 15 is 0 Å². The Hall–Kier alpha value is -4.04. The summed E-state index contributed by atoms with van der Waals surface area (Å²) in [4.78, 5) is 14.4. The predicted molar refractivity (Wildman–Crippen MR) is 136 cm³/mol. The molecule has 6 N–H and O–H groups in total. The van der Waals surface area contributed by atoms with E-state index in [1.54, 1.807) is 40.1 Å². The van der Waals surface area contributed by atoms with E-state index in [0.717, 1.165) is 0 Å². The van der Waals surface area contributed by atoms with Crippen molar-refractivity contribution >= 4 is 0 Å². The molecule has 0 fully saturated rings. The topological polar surface area (TPSA) is 128 Å². The highest BCUT2D eigenvalue weighted by molar-refractivity contribution is 5.60. The first-order valence-electron chi connectivity index (χ1n) is 11.7. The molecule has 0 aliphatic rings. The summed E-state index contributed by atoms with van der Waals surface area (Å²) in [6, 6.07) is 11.1. The van der Waals surface area contributed by atoms with Crippen molar-refractivity contribution in [2.45, 2.75) is 51.5 Å². The van der Waals surface area contributed by atoms with Crippen molar-refractivity contribution in [1.82, 2.24) is 19.9 Å². The minimum absolute atomic E-state index is 0.264. The number of nitrogens with zero attached hydrogens (tertiary/aromatic N) is 2. The van der Waals surface area contributed by atoms with Gasteiger partial charge >= 0.3 is 12.7 Å². The lowest BCUT2D eigenvalue weighted by atomic mass is 10.1. The summed E-state index contributed by atoms with van der Waals surface area (Å²) >= 11 is 0. The van der Waals surface area contributed by atoms with Crippen LogP contribution >= 0.6 is 0 Å². The summed E-state index contributed by atoms with van der Waals surface area (Å²) in [5.41, 5.74) is 13.3. The van der Waals surface area contributed by atoms with E-state index in [4.69, 9.17) is 11.5 Å². The summed E-state index contributed by atoms with van der Waals surface area (Å²) in [5, 5.41) is 0. The third kappa shape index (κ3) is 9.02. The molecule has 0 aliphatic heterocycles. The molecule has 8 nitrogen and oxygen atoms in total. The number of aromatic nitrogens is 4. The molecule has 0 unspecified atom stereocenters. The van der Waals surface area contributed by atoms with Gasteiger partial charge in [0.1, 0.15) is 23.1 Å². The monoisotopic (exact) mass is 570 g/mol. The van der Waals surface area contributed by atoms with Gasteiger partial charge in [-0.15, -0.1) is 26.3 Å². The van der Waals surface area contributed by atoms with Crippen molar-refractivity contribution in [3.8, 4) is 34.0 Å². The molecule has 14 heteroatoms. The van der Waals surface area contributed by atoms with E-state index in [1.165, 1.54) is 48.5 Å². The van der Waals surface area contributed by atoms with Gasteiger partial charge in [0.25, 0.3) is 0 Å². The highest BCUT2D eigenvalue weighted by Crippen LogP contribution is 2.28. The maximum absolute atomic E-state index is 12.0. The number of ether oxygens (including phenoxy) is 2. The van der Waals surface area contributed by atoms with Gasteiger partial charge in [-0.05, 0) is 87.4 Å². The smallest absolute Gasteiger partial charge is 0.406 e. The van der Waals surface area contributed by atoms with Gasteiger partial charge in [-0.3, -0.25) is 0 Å².